The minimum Gasteiger partial charge on any atom is -0.394 e. The van der Waals surface area contributed by atoms with Crippen LogP contribution in [0.5, 0.6) is 0 Å². The van der Waals surface area contributed by atoms with E-state index in [2.05, 4.69) is 5.73 Å². The van der Waals surface area contributed by atoms with Crippen LogP contribution in [0.3, 0.4) is 0 Å². The van der Waals surface area contributed by atoms with Crippen LogP contribution in [-0.2, 0) is 4.79 Å². The zero-order valence-electron chi connectivity index (χ0n) is 7.76. The SMILES string of the molecule is NC(=O)C(O)C(O)C(O)C(O)C(O)CO. The van der Waals surface area contributed by atoms with E-state index in [0.29, 0.717) is 0 Å². The third-order valence-electron chi connectivity index (χ3n) is 1.90. The van der Waals surface area contributed by atoms with Crippen LogP contribution in [0.2, 0.25) is 0 Å². The highest BCUT2D eigenvalue weighted by atomic mass is 16.4. The van der Waals surface area contributed by atoms with E-state index in [9.17, 15) is 4.79 Å². The van der Waals surface area contributed by atoms with Gasteiger partial charge in [-0.25, -0.2) is 0 Å². The van der Waals surface area contributed by atoms with E-state index in [4.69, 9.17) is 30.6 Å². The summed E-state index contributed by atoms with van der Waals surface area (Å²) >= 11 is 0. The van der Waals surface area contributed by atoms with E-state index < -0.39 is 43.0 Å². The number of carbonyl (C=O) groups is 1. The van der Waals surface area contributed by atoms with Crippen LogP contribution < -0.4 is 5.73 Å². The summed E-state index contributed by atoms with van der Waals surface area (Å²) in [5.41, 5.74) is 4.63. The van der Waals surface area contributed by atoms with Crippen LogP contribution in [0.4, 0.5) is 0 Å². The van der Waals surface area contributed by atoms with Gasteiger partial charge in [0.05, 0.1) is 6.61 Å². The first-order chi connectivity index (χ1) is 6.82. The molecule has 8 heteroatoms. The quantitative estimate of drug-likeness (QED) is 0.238. The van der Waals surface area contributed by atoms with Gasteiger partial charge in [-0.3, -0.25) is 4.79 Å². The van der Waals surface area contributed by atoms with Crippen molar-refractivity contribution in [2.75, 3.05) is 6.61 Å². The predicted octanol–water partition coefficient (Wildman–Crippen LogP) is -4.73. The summed E-state index contributed by atoms with van der Waals surface area (Å²) in [5.74, 6) is -1.28. The number of aliphatic hydroxyl groups is 6. The average molecular weight is 225 g/mol. The van der Waals surface area contributed by atoms with Crippen molar-refractivity contribution in [3.63, 3.8) is 0 Å². The van der Waals surface area contributed by atoms with Gasteiger partial charge >= 0.3 is 0 Å². The second kappa shape index (κ2) is 5.95. The van der Waals surface area contributed by atoms with E-state index >= 15 is 0 Å². The summed E-state index contributed by atoms with van der Waals surface area (Å²) in [7, 11) is 0. The third kappa shape index (κ3) is 3.70. The van der Waals surface area contributed by atoms with Gasteiger partial charge in [0.15, 0.2) is 6.10 Å². The highest BCUT2D eigenvalue weighted by molar-refractivity contribution is 5.79. The second-order valence-electron chi connectivity index (χ2n) is 3.07. The van der Waals surface area contributed by atoms with Gasteiger partial charge in [0, 0.05) is 0 Å². The van der Waals surface area contributed by atoms with Crippen molar-refractivity contribution in [2.24, 2.45) is 5.73 Å². The van der Waals surface area contributed by atoms with E-state index in [1.165, 1.54) is 0 Å². The number of nitrogens with two attached hydrogens (primary N) is 1. The summed E-state index contributed by atoms with van der Waals surface area (Å²) in [6, 6.07) is 0. The molecule has 5 unspecified atom stereocenters. The summed E-state index contributed by atoms with van der Waals surface area (Å²) in [5, 5.41) is 53.6. The molecule has 0 aliphatic carbocycles. The van der Waals surface area contributed by atoms with Gasteiger partial charge in [0.25, 0.3) is 0 Å². The Morgan fingerprint density at radius 3 is 1.80 bits per heavy atom. The molecule has 0 radical (unpaired) electrons. The molecule has 0 rings (SSSR count). The maximum absolute atomic E-state index is 10.4. The minimum absolute atomic E-state index is 0.850. The molecule has 5 atom stereocenters. The molecule has 0 spiro atoms. The topological polar surface area (TPSA) is 164 Å². The molecule has 0 bridgehead atoms. The van der Waals surface area contributed by atoms with E-state index in [1.807, 2.05) is 0 Å². The molecule has 0 saturated heterocycles. The number of carbonyl (C=O) groups excluding carboxylic acids is 1. The van der Waals surface area contributed by atoms with Crippen molar-refractivity contribution in [3.05, 3.63) is 0 Å². The lowest BCUT2D eigenvalue weighted by atomic mass is 9.99. The van der Waals surface area contributed by atoms with Crippen molar-refractivity contribution in [3.8, 4) is 0 Å². The lowest BCUT2D eigenvalue weighted by Gasteiger charge is -2.27. The number of hydrogen-bond acceptors (Lipinski definition) is 7. The monoisotopic (exact) mass is 225 g/mol. The molecule has 8 nitrogen and oxygen atoms in total. The lowest BCUT2D eigenvalue weighted by molar-refractivity contribution is -0.154. The van der Waals surface area contributed by atoms with Gasteiger partial charge in [0.1, 0.15) is 24.4 Å². The lowest BCUT2D eigenvalue weighted by Crippen LogP contribution is -2.53. The number of amides is 1. The van der Waals surface area contributed by atoms with Crippen LogP contribution in [0.1, 0.15) is 0 Å². The molecule has 1 amide bonds. The molecule has 0 saturated carbocycles. The molecule has 0 aromatic rings. The number of hydrogen-bond donors (Lipinski definition) is 7. The summed E-state index contributed by atoms with van der Waals surface area (Å²) < 4.78 is 0. The highest BCUT2D eigenvalue weighted by Gasteiger charge is 2.36. The molecule has 15 heavy (non-hydrogen) atoms. The van der Waals surface area contributed by atoms with Gasteiger partial charge < -0.3 is 36.4 Å². The molecular formula is C7H15NO7. The first-order valence-electron chi connectivity index (χ1n) is 4.13. The fourth-order valence-corrected chi connectivity index (χ4v) is 0.893. The Morgan fingerprint density at radius 1 is 1.00 bits per heavy atom. The first-order valence-corrected chi connectivity index (χ1v) is 4.13. The largest absolute Gasteiger partial charge is 0.394 e. The van der Waals surface area contributed by atoms with Gasteiger partial charge in [0.2, 0.25) is 5.91 Å². The van der Waals surface area contributed by atoms with Crippen molar-refractivity contribution in [2.45, 2.75) is 30.5 Å². The Labute approximate surface area is 85.2 Å². The van der Waals surface area contributed by atoms with Crippen LogP contribution in [-0.4, -0.2) is 73.7 Å². The van der Waals surface area contributed by atoms with Crippen LogP contribution in [0.25, 0.3) is 0 Å². The normalized spacial score (nSPS) is 21.5. The Balaban J connectivity index is 4.42. The predicted molar refractivity (Wildman–Crippen MR) is 46.3 cm³/mol. The van der Waals surface area contributed by atoms with Crippen LogP contribution >= 0.6 is 0 Å². The summed E-state index contributed by atoms with van der Waals surface area (Å²) in [6.07, 6.45) is -9.72. The number of aliphatic hydroxyl groups excluding tert-OH is 6. The smallest absolute Gasteiger partial charge is 0.249 e. The molecule has 0 aliphatic rings. The van der Waals surface area contributed by atoms with E-state index in [1.54, 1.807) is 0 Å². The van der Waals surface area contributed by atoms with Gasteiger partial charge in [-0.15, -0.1) is 0 Å². The third-order valence-corrected chi connectivity index (χ3v) is 1.90. The molecule has 0 aliphatic heterocycles. The maximum Gasteiger partial charge on any atom is 0.249 e. The average Bonchev–Trinajstić information content (AvgIpc) is 2.23. The Bertz CT molecular complexity index is 212. The molecule has 90 valence electrons. The van der Waals surface area contributed by atoms with Gasteiger partial charge in [-0.05, 0) is 0 Å². The standard InChI is InChI=1S/C7H15NO7/c8-7(15)6(14)5(13)4(12)3(11)2(10)1-9/h2-6,9-14H,1H2,(H2,8,15). The van der Waals surface area contributed by atoms with Crippen LogP contribution in [0, 0.1) is 0 Å². The second-order valence-corrected chi connectivity index (χ2v) is 3.07. The van der Waals surface area contributed by atoms with Crippen molar-refractivity contribution in [1.29, 1.82) is 0 Å². The molecule has 0 heterocycles. The van der Waals surface area contributed by atoms with Crippen molar-refractivity contribution >= 4 is 5.91 Å². The Kier molecular flexibility index (Phi) is 5.65. The van der Waals surface area contributed by atoms with Gasteiger partial charge in [-0.2, -0.15) is 0 Å². The summed E-state index contributed by atoms with van der Waals surface area (Å²) in [4.78, 5) is 10.4. The fourth-order valence-electron chi connectivity index (χ4n) is 0.893. The molecule has 0 aromatic heterocycles. The van der Waals surface area contributed by atoms with Crippen molar-refractivity contribution < 1.29 is 35.4 Å². The van der Waals surface area contributed by atoms with E-state index in [0.717, 1.165) is 0 Å². The Morgan fingerprint density at radius 2 is 1.47 bits per heavy atom. The zero-order valence-corrected chi connectivity index (χ0v) is 7.76. The number of rotatable bonds is 6. The van der Waals surface area contributed by atoms with E-state index in [-0.39, 0.29) is 0 Å². The molecule has 0 fully saturated rings. The van der Waals surface area contributed by atoms with Crippen molar-refractivity contribution in [1.82, 2.24) is 0 Å². The van der Waals surface area contributed by atoms with Gasteiger partial charge in [-0.1, -0.05) is 0 Å². The molecular weight excluding hydrogens is 210 g/mol. The summed E-state index contributed by atoms with van der Waals surface area (Å²) in [6.45, 7) is -0.850. The highest BCUT2D eigenvalue weighted by Crippen LogP contribution is 2.08. The first kappa shape index (κ1) is 14.2. The fraction of sp³-hybridized carbons (Fsp3) is 0.857. The molecule has 8 N–H and O–H groups in total. The maximum atomic E-state index is 10.4. The molecule has 0 aromatic carbocycles. The number of primary amides is 1. The minimum atomic E-state index is -2.07. The van der Waals surface area contributed by atoms with Crippen LogP contribution in [0.15, 0.2) is 0 Å². The Hall–Kier alpha value is -0.770. The zero-order chi connectivity index (χ0) is 12.2.